The molecule has 0 radical (unpaired) electrons. The number of nitrogens with one attached hydrogen (secondary N) is 1. The van der Waals surface area contributed by atoms with Gasteiger partial charge in [-0.2, -0.15) is 13.2 Å². The minimum absolute atomic E-state index is 0.0173. The van der Waals surface area contributed by atoms with Gasteiger partial charge in [0.25, 0.3) is 0 Å². The Morgan fingerprint density at radius 2 is 1.79 bits per heavy atom. The van der Waals surface area contributed by atoms with Crippen molar-refractivity contribution in [3.05, 3.63) is 77.6 Å². The van der Waals surface area contributed by atoms with Crippen LogP contribution in [0.4, 0.5) is 18.9 Å². The Hall–Kier alpha value is -3.39. The van der Waals surface area contributed by atoms with Crippen LogP contribution in [0.3, 0.4) is 0 Å². The second-order valence-corrected chi connectivity index (χ2v) is 11.7. The molecule has 3 heterocycles. The standard InChI is InChI=1S/C30H33F3N4O5S/c1-18-24(17-43-29-34-13-15-36(29)2)41-27(42-25(18)20-7-5-19(16-38)6-8-20)21-9-11-22(12-10-21)35-26(39)23-4-3-14-37(23)28(40)30(31,32)33/h5-13,15,18,23-25,27,38H,3-4,14,16-17H2,1-2H3,(H,35,39)/t18-,23+,24+,25+,27+/m1/s1. The lowest BCUT2D eigenvalue weighted by molar-refractivity contribution is -0.268. The van der Waals surface area contributed by atoms with Crippen LogP contribution >= 0.6 is 11.8 Å². The fraction of sp³-hybridized carbons (Fsp3) is 0.433. The summed E-state index contributed by atoms with van der Waals surface area (Å²) in [6.45, 7) is 1.89. The van der Waals surface area contributed by atoms with Crippen molar-refractivity contribution in [1.29, 1.82) is 0 Å². The largest absolute Gasteiger partial charge is 0.471 e. The molecule has 13 heteroatoms. The third kappa shape index (κ3) is 7.06. The van der Waals surface area contributed by atoms with Gasteiger partial charge in [-0.25, -0.2) is 4.98 Å². The van der Waals surface area contributed by atoms with Crippen molar-refractivity contribution in [1.82, 2.24) is 14.5 Å². The minimum Gasteiger partial charge on any atom is -0.392 e. The SMILES string of the molecule is C[C@@H]1[C@H](CSc2nccn2C)O[C@H](c2ccc(NC(=O)[C@@H]3CCCN3C(=O)C(F)(F)F)cc2)O[C@@H]1c1ccc(CO)cc1. The smallest absolute Gasteiger partial charge is 0.392 e. The topological polar surface area (TPSA) is 106 Å². The van der Waals surface area contributed by atoms with Crippen molar-refractivity contribution in [3.8, 4) is 0 Å². The Morgan fingerprint density at radius 1 is 1.09 bits per heavy atom. The number of thioether (sulfide) groups is 1. The lowest BCUT2D eigenvalue weighted by Gasteiger charge is -2.41. The number of alkyl halides is 3. The predicted molar refractivity (Wildman–Crippen MR) is 153 cm³/mol. The number of carbonyl (C=O) groups excluding carboxylic acids is 2. The quantitative estimate of drug-likeness (QED) is 0.343. The first-order chi connectivity index (χ1) is 20.5. The number of anilines is 1. The van der Waals surface area contributed by atoms with E-state index in [1.165, 1.54) is 0 Å². The molecule has 1 aromatic heterocycles. The molecule has 0 spiro atoms. The van der Waals surface area contributed by atoms with E-state index >= 15 is 0 Å². The number of halogens is 3. The number of rotatable bonds is 8. The van der Waals surface area contributed by atoms with E-state index < -0.39 is 30.3 Å². The zero-order chi connectivity index (χ0) is 30.7. The van der Waals surface area contributed by atoms with Gasteiger partial charge in [-0.05, 0) is 36.1 Å². The third-order valence-corrected chi connectivity index (χ3v) is 8.93. The highest BCUT2D eigenvalue weighted by Gasteiger charge is 2.47. The van der Waals surface area contributed by atoms with Crippen molar-refractivity contribution < 1.29 is 37.3 Å². The van der Waals surface area contributed by atoms with Crippen LogP contribution in [0.15, 0.2) is 66.1 Å². The van der Waals surface area contributed by atoms with E-state index in [1.807, 2.05) is 42.1 Å². The molecule has 9 nitrogen and oxygen atoms in total. The molecular formula is C30H33F3N4O5S. The molecule has 0 bridgehead atoms. The number of aryl methyl sites for hydroxylation is 1. The molecule has 43 heavy (non-hydrogen) atoms. The Bertz CT molecular complexity index is 1420. The first-order valence-corrected chi connectivity index (χ1v) is 14.9. The van der Waals surface area contributed by atoms with Gasteiger partial charge in [0.1, 0.15) is 6.04 Å². The molecule has 0 saturated carbocycles. The number of aliphatic hydroxyl groups excluding tert-OH is 1. The predicted octanol–water partition coefficient (Wildman–Crippen LogP) is 4.99. The van der Waals surface area contributed by atoms with Crippen LogP contribution in [-0.4, -0.2) is 62.0 Å². The molecule has 2 N–H and O–H groups in total. The lowest BCUT2D eigenvalue weighted by atomic mass is 9.91. The van der Waals surface area contributed by atoms with E-state index in [4.69, 9.17) is 9.47 Å². The monoisotopic (exact) mass is 618 g/mol. The molecule has 0 unspecified atom stereocenters. The van der Waals surface area contributed by atoms with Crippen molar-refractivity contribution in [2.75, 3.05) is 17.6 Å². The highest BCUT2D eigenvalue weighted by atomic mass is 32.2. The molecular weight excluding hydrogens is 585 g/mol. The van der Waals surface area contributed by atoms with Crippen LogP contribution in [0.25, 0.3) is 0 Å². The maximum absolute atomic E-state index is 13.0. The van der Waals surface area contributed by atoms with Gasteiger partial charge in [0.2, 0.25) is 5.91 Å². The van der Waals surface area contributed by atoms with Gasteiger partial charge < -0.3 is 29.4 Å². The molecule has 0 aliphatic carbocycles. The van der Waals surface area contributed by atoms with Crippen LogP contribution in [0, 0.1) is 5.92 Å². The molecule has 2 saturated heterocycles. The minimum atomic E-state index is -5.03. The molecule has 2 aromatic carbocycles. The number of hydrogen-bond donors (Lipinski definition) is 2. The highest BCUT2D eigenvalue weighted by molar-refractivity contribution is 7.99. The van der Waals surface area contributed by atoms with Crippen LogP contribution < -0.4 is 5.32 Å². The molecule has 3 aromatic rings. The van der Waals surface area contributed by atoms with Gasteiger partial charge in [-0.15, -0.1) is 0 Å². The third-order valence-electron chi connectivity index (χ3n) is 7.79. The van der Waals surface area contributed by atoms with Gasteiger partial charge in [0, 0.05) is 48.9 Å². The maximum Gasteiger partial charge on any atom is 0.471 e. The fourth-order valence-electron chi connectivity index (χ4n) is 5.35. The number of ether oxygens (including phenoxy) is 2. The van der Waals surface area contributed by atoms with Crippen LogP contribution in [0.1, 0.15) is 48.8 Å². The average molecular weight is 619 g/mol. The van der Waals surface area contributed by atoms with E-state index in [2.05, 4.69) is 17.2 Å². The molecule has 2 fully saturated rings. The Morgan fingerprint density at radius 3 is 2.42 bits per heavy atom. The number of imidazole rings is 1. The number of hydrogen-bond acceptors (Lipinski definition) is 7. The summed E-state index contributed by atoms with van der Waals surface area (Å²) in [5.41, 5.74) is 2.82. The van der Waals surface area contributed by atoms with Crippen molar-refractivity contribution in [2.45, 2.75) is 62.2 Å². The summed E-state index contributed by atoms with van der Waals surface area (Å²) in [5.74, 6) is -2.06. The molecule has 230 valence electrons. The lowest BCUT2D eigenvalue weighted by Crippen LogP contribution is -2.48. The summed E-state index contributed by atoms with van der Waals surface area (Å²) in [7, 11) is 1.93. The summed E-state index contributed by atoms with van der Waals surface area (Å²) in [4.78, 5) is 29.6. The van der Waals surface area contributed by atoms with Crippen molar-refractivity contribution in [3.63, 3.8) is 0 Å². The molecule has 2 aliphatic heterocycles. The van der Waals surface area contributed by atoms with E-state index in [0.717, 1.165) is 16.3 Å². The maximum atomic E-state index is 13.0. The summed E-state index contributed by atoms with van der Waals surface area (Å²) in [5, 5.41) is 13.0. The number of aromatic nitrogens is 2. The highest BCUT2D eigenvalue weighted by Crippen LogP contribution is 2.43. The van der Waals surface area contributed by atoms with E-state index in [-0.39, 0.29) is 37.7 Å². The second kappa shape index (κ2) is 13.1. The summed E-state index contributed by atoms with van der Waals surface area (Å²) >= 11 is 1.58. The molecule has 5 atom stereocenters. The normalized spacial score (nSPS) is 24.2. The Labute approximate surface area is 251 Å². The van der Waals surface area contributed by atoms with Crippen LogP contribution in [-0.2, 0) is 32.7 Å². The number of nitrogens with zero attached hydrogens (tertiary/aromatic N) is 3. The summed E-state index contributed by atoms with van der Waals surface area (Å²) in [6, 6.07) is 13.1. The number of benzene rings is 2. The van der Waals surface area contributed by atoms with Gasteiger partial charge in [-0.3, -0.25) is 9.59 Å². The van der Waals surface area contributed by atoms with E-state index in [9.17, 15) is 27.9 Å². The number of likely N-dealkylation sites (tertiary alicyclic amines) is 1. The Balaban J connectivity index is 1.31. The average Bonchev–Trinajstić information content (AvgIpc) is 3.65. The van der Waals surface area contributed by atoms with Crippen molar-refractivity contribution >= 4 is 29.3 Å². The van der Waals surface area contributed by atoms with E-state index in [1.54, 1.807) is 42.2 Å². The zero-order valence-electron chi connectivity index (χ0n) is 23.7. The van der Waals surface area contributed by atoms with Gasteiger partial charge in [-0.1, -0.05) is 55.1 Å². The van der Waals surface area contributed by atoms with Crippen LogP contribution in [0.2, 0.25) is 0 Å². The molecule has 2 aliphatic rings. The second-order valence-electron chi connectivity index (χ2n) is 10.7. The number of carbonyl (C=O) groups is 2. The summed E-state index contributed by atoms with van der Waals surface area (Å²) < 4.78 is 53.8. The Kier molecular flexibility index (Phi) is 9.45. The van der Waals surface area contributed by atoms with Gasteiger partial charge >= 0.3 is 12.1 Å². The first-order valence-electron chi connectivity index (χ1n) is 13.9. The van der Waals surface area contributed by atoms with Crippen LogP contribution in [0.5, 0.6) is 0 Å². The van der Waals surface area contributed by atoms with Gasteiger partial charge in [0.15, 0.2) is 11.4 Å². The molecule has 2 amide bonds. The van der Waals surface area contributed by atoms with E-state index in [0.29, 0.717) is 28.3 Å². The fourth-order valence-corrected chi connectivity index (χ4v) is 6.45. The number of amides is 2. The number of aliphatic hydroxyl groups is 1. The zero-order valence-corrected chi connectivity index (χ0v) is 24.5. The van der Waals surface area contributed by atoms with Crippen molar-refractivity contribution in [2.24, 2.45) is 13.0 Å². The first kappa shape index (κ1) is 31.0. The summed E-state index contributed by atoms with van der Waals surface area (Å²) in [6.07, 6.45) is -2.19. The van der Waals surface area contributed by atoms with Gasteiger partial charge in [0.05, 0.1) is 18.8 Å². The molecule has 5 rings (SSSR count).